The Hall–Kier alpha value is -7.43. The lowest BCUT2D eigenvalue weighted by molar-refractivity contribution is 0.669. The van der Waals surface area contributed by atoms with Crippen LogP contribution in [0.4, 0.5) is 0 Å². The Balaban J connectivity index is 1.09. The van der Waals surface area contributed by atoms with Gasteiger partial charge in [-0.2, -0.15) is 0 Å². The second-order valence-corrected chi connectivity index (χ2v) is 14.0. The summed E-state index contributed by atoms with van der Waals surface area (Å²) >= 11 is 0. The number of rotatable bonds is 5. The molecule has 0 fully saturated rings. The predicted molar refractivity (Wildman–Crippen MR) is 227 cm³/mol. The van der Waals surface area contributed by atoms with Gasteiger partial charge < -0.3 is 4.42 Å². The minimum absolute atomic E-state index is 0.610. The highest BCUT2D eigenvalue weighted by atomic mass is 16.3. The van der Waals surface area contributed by atoms with Crippen LogP contribution in [0.25, 0.3) is 111 Å². The molecular weight excluding hydrogens is 671 g/mol. The molecule has 0 amide bonds. The smallest absolute Gasteiger partial charge is 0.164 e. The molecule has 0 saturated heterocycles. The molecule has 9 aromatic carbocycles. The summed E-state index contributed by atoms with van der Waals surface area (Å²) < 4.78 is 6.27. The van der Waals surface area contributed by atoms with Crippen molar-refractivity contribution in [1.29, 1.82) is 0 Å². The van der Waals surface area contributed by atoms with Crippen molar-refractivity contribution in [1.82, 2.24) is 15.0 Å². The van der Waals surface area contributed by atoms with E-state index in [4.69, 9.17) is 19.4 Å². The molecule has 4 nitrogen and oxygen atoms in total. The molecular formula is C51H31N3O. The van der Waals surface area contributed by atoms with Crippen LogP contribution < -0.4 is 0 Å². The Morgan fingerprint density at radius 1 is 0.273 bits per heavy atom. The minimum atomic E-state index is 0.610. The van der Waals surface area contributed by atoms with E-state index in [1.54, 1.807) is 0 Å². The van der Waals surface area contributed by atoms with Gasteiger partial charge in [0, 0.05) is 27.5 Å². The minimum Gasteiger partial charge on any atom is -0.456 e. The van der Waals surface area contributed by atoms with E-state index in [0.29, 0.717) is 17.5 Å². The lowest BCUT2D eigenvalue weighted by Gasteiger charge is -2.13. The van der Waals surface area contributed by atoms with Crippen molar-refractivity contribution in [3.05, 3.63) is 188 Å². The van der Waals surface area contributed by atoms with Crippen LogP contribution >= 0.6 is 0 Å². The standard InChI is InChI=1S/C51H31N3O/c1-2-11-33(12-3-1)45-30-40(27-37-14-5-7-17-43(37)45)51-53-49(35-23-21-34(22-24-35)42-19-10-15-32-13-4-6-16-41(32)42)52-50(54-51)38-26-25-36-29-46-44-18-8-9-20-47(44)55-48(46)31-39(36)28-38/h1-31H. The number of benzene rings is 9. The third-order valence-corrected chi connectivity index (χ3v) is 10.7. The van der Waals surface area contributed by atoms with E-state index in [-0.39, 0.29) is 0 Å². The molecule has 0 unspecified atom stereocenters. The molecule has 0 atom stereocenters. The zero-order valence-corrected chi connectivity index (χ0v) is 29.6. The third kappa shape index (κ3) is 5.43. The Bertz CT molecular complexity index is 3250. The van der Waals surface area contributed by atoms with Gasteiger partial charge in [-0.15, -0.1) is 0 Å². The van der Waals surface area contributed by atoms with Gasteiger partial charge in [0.25, 0.3) is 0 Å². The molecule has 0 saturated carbocycles. The molecule has 11 rings (SSSR count). The fraction of sp³-hybridized carbons (Fsp3) is 0. The van der Waals surface area contributed by atoms with Gasteiger partial charge in [-0.1, -0.05) is 152 Å². The molecule has 0 spiro atoms. The van der Waals surface area contributed by atoms with Crippen LogP contribution in [0.5, 0.6) is 0 Å². The number of nitrogens with zero attached hydrogens (tertiary/aromatic N) is 3. The second kappa shape index (κ2) is 12.6. The lowest BCUT2D eigenvalue weighted by Crippen LogP contribution is -2.00. The molecule has 0 radical (unpaired) electrons. The molecule has 0 N–H and O–H groups in total. The number of hydrogen-bond donors (Lipinski definition) is 0. The maximum Gasteiger partial charge on any atom is 0.164 e. The van der Waals surface area contributed by atoms with Crippen LogP contribution in [-0.4, -0.2) is 15.0 Å². The van der Waals surface area contributed by atoms with Gasteiger partial charge in [0.2, 0.25) is 0 Å². The summed E-state index contributed by atoms with van der Waals surface area (Å²) in [5, 5.41) is 9.17. The van der Waals surface area contributed by atoms with Gasteiger partial charge in [-0.05, 0) is 91.0 Å². The number of hydrogen-bond acceptors (Lipinski definition) is 4. The van der Waals surface area contributed by atoms with Crippen LogP contribution in [0.15, 0.2) is 192 Å². The SMILES string of the molecule is c1ccc(-c2cc(-c3nc(-c4ccc(-c5cccc6ccccc56)cc4)nc(-c4ccc5cc6c(cc5c4)oc4ccccc46)n3)cc3ccccc23)cc1. The maximum absolute atomic E-state index is 6.27. The highest BCUT2D eigenvalue weighted by Gasteiger charge is 2.17. The van der Waals surface area contributed by atoms with Crippen LogP contribution in [0, 0.1) is 0 Å². The maximum atomic E-state index is 6.27. The molecule has 4 heteroatoms. The Morgan fingerprint density at radius 3 is 1.67 bits per heavy atom. The Kier molecular flexibility index (Phi) is 7.14. The van der Waals surface area contributed by atoms with Gasteiger partial charge in [0.1, 0.15) is 11.2 Å². The summed E-state index contributed by atoms with van der Waals surface area (Å²) in [5.74, 6) is 1.85. The first-order valence-corrected chi connectivity index (χ1v) is 18.5. The van der Waals surface area contributed by atoms with Crippen LogP contribution in [0.2, 0.25) is 0 Å². The summed E-state index contributed by atoms with van der Waals surface area (Å²) in [6, 6.07) is 65.9. The van der Waals surface area contributed by atoms with Gasteiger partial charge in [0.15, 0.2) is 17.5 Å². The zero-order valence-electron chi connectivity index (χ0n) is 29.6. The van der Waals surface area contributed by atoms with Gasteiger partial charge in [-0.3, -0.25) is 0 Å². The molecule has 55 heavy (non-hydrogen) atoms. The number of aromatic nitrogens is 3. The van der Waals surface area contributed by atoms with E-state index in [1.807, 2.05) is 12.1 Å². The quantitative estimate of drug-likeness (QED) is 0.179. The second-order valence-electron chi connectivity index (χ2n) is 14.0. The third-order valence-electron chi connectivity index (χ3n) is 10.7. The molecule has 0 aliphatic carbocycles. The summed E-state index contributed by atoms with van der Waals surface area (Å²) in [5.41, 5.74) is 9.12. The van der Waals surface area contributed by atoms with Crippen molar-refractivity contribution in [3.63, 3.8) is 0 Å². The van der Waals surface area contributed by atoms with E-state index in [9.17, 15) is 0 Å². The van der Waals surface area contributed by atoms with Crippen molar-refractivity contribution in [2.75, 3.05) is 0 Å². The van der Waals surface area contributed by atoms with Crippen molar-refractivity contribution in [3.8, 4) is 56.4 Å². The summed E-state index contributed by atoms with van der Waals surface area (Å²) in [6.45, 7) is 0. The van der Waals surface area contributed by atoms with Gasteiger partial charge >= 0.3 is 0 Å². The van der Waals surface area contributed by atoms with Crippen LogP contribution in [0.1, 0.15) is 0 Å². The summed E-state index contributed by atoms with van der Waals surface area (Å²) in [6.07, 6.45) is 0. The first kappa shape index (κ1) is 31.1. The van der Waals surface area contributed by atoms with Gasteiger partial charge in [-0.25, -0.2) is 15.0 Å². The molecule has 256 valence electrons. The van der Waals surface area contributed by atoms with Crippen LogP contribution in [0.3, 0.4) is 0 Å². The van der Waals surface area contributed by atoms with E-state index >= 15 is 0 Å². The topological polar surface area (TPSA) is 51.8 Å². The van der Waals surface area contributed by atoms with Crippen molar-refractivity contribution < 1.29 is 4.42 Å². The molecule has 2 aromatic heterocycles. The summed E-state index contributed by atoms with van der Waals surface area (Å²) in [4.78, 5) is 15.5. The average molecular weight is 702 g/mol. The molecule has 0 bridgehead atoms. The molecule has 2 heterocycles. The average Bonchev–Trinajstić information content (AvgIpc) is 3.62. The molecule has 0 aliphatic heterocycles. The number of fused-ring (bicyclic) bond motifs is 6. The fourth-order valence-corrected chi connectivity index (χ4v) is 7.94. The molecule has 11 aromatic rings. The van der Waals surface area contributed by atoms with Crippen molar-refractivity contribution in [2.45, 2.75) is 0 Å². The van der Waals surface area contributed by atoms with Gasteiger partial charge in [0.05, 0.1) is 0 Å². The number of para-hydroxylation sites is 1. The van der Waals surface area contributed by atoms with E-state index in [2.05, 4.69) is 176 Å². The zero-order chi connectivity index (χ0) is 36.3. The Morgan fingerprint density at radius 2 is 0.855 bits per heavy atom. The Labute approximate surface area is 317 Å². The van der Waals surface area contributed by atoms with Crippen LogP contribution in [-0.2, 0) is 0 Å². The van der Waals surface area contributed by atoms with Crippen molar-refractivity contribution >= 4 is 54.3 Å². The first-order valence-electron chi connectivity index (χ1n) is 18.5. The fourth-order valence-electron chi connectivity index (χ4n) is 7.94. The first-order chi connectivity index (χ1) is 27.2. The van der Waals surface area contributed by atoms with E-state index in [0.717, 1.165) is 71.5 Å². The normalized spacial score (nSPS) is 11.6. The van der Waals surface area contributed by atoms with E-state index < -0.39 is 0 Å². The number of furan rings is 1. The highest BCUT2D eigenvalue weighted by molar-refractivity contribution is 6.10. The van der Waals surface area contributed by atoms with Crippen molar-refractivity contribution in [2.24, 2.45) is 0 Å². The predicted octanol–water partition coefficient (Wildman–Crippen LogP) is 13.6. The monoisotopic (exact) mass is 701 g/mol. The van der Waals surface area contributed by atoms with E-state index in [1.165, 1.54) is 21.7 Å². The largest absolute Gasteiger partial charge is 0.456 e. The highest BCUT2D eigenvalue weighted by Crippen LogP contribution is 2.37. The summed E-state index contributed by atoms with van der Waals surface area (Å²) in [7, 11) is 0. The molecule has 0 aliphatic rings. The lowest BCUT2D eigenvalue weighted by atomic mass is 9.95.